The average Bonchev–Trinajstić information content (AvgIpc) is 2.71. The average molecular weight is 176 g/mol. The normalized spacial score (nSPS) is 11.3. The van der Waals surface area contributed by atoms with E-state index in [1.807, 2.05) is 22.0 Å². The Morgan fingerprint density at radius 1 is 1.42 bits per heavy atom. The van der Waals surface area contributed by atoms with Gasteiger partial charge in [0.25, 0.3) is 5.78 Å². The molecule has 4 nitrogen and oxygen atoms in total. The van der Waals surface area contributed by atoms with Gasteiger partial charge >= 0.3 is 0 Å². The van der Waals surface area contributed by atoms with Crippen LogP contribution >= 0.6 is 11.3 Å². The summed E-state index contributed by atoms with van der Waals surface area (Å²) in [6.45, 7) is 0. The summed E-state index contributed by atoms with van der Waals surface area (Å²) < 4.78 is 3.04. The van der Waals surface area contributed by atoms with Crippen LogP contribution in [0.1, 0.15) is 0 Å². The van der Waals surface area contributed by atoms with Crippen LogP contribution in [0.25, 0.3) is 16.0 Å². The summed E-state index contributed by atoms with van der Waals surface area (Å²) in [6.07, 6.45) is 3.50. The molecule has 0 aliphatic heterocycles. The van der Waals surface area contributed by atoms with Crippen molar-refractivity contribution in [2.45, 2.75) is 0 Å². The van der Waals surface area contributed by atoms with Crippen molar-refractivity contribution in [2.75, 3.05) is 0 Å². The molecule has 3 aromatic rings. The topological polar surface area (TPSA) is 43.1 Å². The lowest BCUT2D eigenvalue weighted by atomic mass is 10.5. The fourth-order valence-corrected chi connectivity index (χ4v) is 1.96. The summed E-state index contributed by atoms with van der Waals surface area (Å²) in [5.74, 6) is 0.654. The Bertz CT molecular complexity index is 489. The molecule has 12 heavy (non-hydrogen) atoms. The molecule has 3 aromatic heterocycles. The van der Waals surface area contributed by atoms with Crippen LogP contribution in [-0.4, -0.2) is 19.6 Å². The van der Waals surface area contributed by atoms with Crippen LogP contribution in [0, 0.1) is 0 Å². The Morgan fingerprint density at radius 2 is 2.42 bits per heavy atom. The molecule has 58 valence electrons. The minimum atomic E-state index is 0.654. The molecule has 0 N–H and O–H groups in total. The highest BCUT2D eigenvalue weighted by Gasteiger charge is 2.01. The van der Waals surface area contributed by atoms with Crippen molar-refractivity contribution in [3.63, 3.8) is 0 Å². The Hall–Kier alpha value is -1.49. The molecule has 0 atom stereocenters. The van der Waals surface area contributed by atoms with Crippen LogP contribution in [0.4, 0.5) is 0 Å². The van der Waals surface area contributed by atoms with Crippen molar-refractivity contribution in [3.8, 4) is 0 Å². The van der Waals surface area contributed by atoms with Gasteiger partial charge in [-0.3, -0.25) is 4.40 Å². The second kappa shape index (κ2) is 2.01. The van der Waals surface area contributed by atoms with Gasteiger partial charge in [0.1, 0.15) is 6.33 Å². The maximum absolute atomic E-state index is 4.14. The molecule has 3 rings (SSSR count). The van der Waals surface area contributed by atoms with Gasteiger partial charge in [0, 0.05) is 0 Å². The van der Waals surface area contributed by atoms with Gasteiger partial charge in [-0.1, -0.05) is 0 Å². The number of fused-ring (bicyclic) bond motifs is 3. The van der Waals surface area contributed by atoms with Gasteiger partial charge in [0.2, 0.25) is 0 Å². The van der Waals surface area contributed by atoms with Gasteiger partial charge in [-0.25, -0.2) is 4.98 Å². The molecule has 0 amide bonds. The SMILES string of the molecule is c1cc2c(cnc3nncn32)s1. The summed E-state index contributed by atoms with van der Waals surface area (Å²) in [7, 11) is 0. The zero-order chi connectivity index (χ0) is 7.97. The summed E-state index contributed by atoms with van der Waals surface area (Å²) in [5.41, 5.74) is 1.12. The van der Waals surface area contributed by atoms with E-state index in [0.29, 0.717) is 5.78 Å². The number of aromatic nitrogens is 4. The summed E-state index contributed by atoms with van der Waals surface area (Å²) in [5, 5.41) is 9.67. The van der Waals surface area contributed by atoms with Crippen molar-refractivity contribution < 1.29 is 0 Å². The Balaban J connectivity index is 2.71. The van der Waals surface area contributed by atoms with Crippen LogP contribution in [0.3, 0.4) is 0 Å². The third kappa shape index (κ3) is 0.634. The molecule has 0 aliphatic carbocycles. The quantitative estimate of drug-likeness (QED) is 0.519. The molecule has 0 aromatic carbocycles. The predicted molar refractivity (Wildman–Crippen MR) is 46.2 cm³/mol. The van der Waals surface area contributed by atoms with E-state index in [2.05, 4.69) is 15.2 Å². The molecule has 0 saturated heterocycles. The molecule has 0 radical (unpaired) electrons. The maximum Gasteiger partial charge on any atom is 0.255 e. The maximum atomic E-state index is 4.14. The fraction of sp³-hybridized carbons (Fsp3) is 0. The molecular formula is C7H4N4S. The fourth-order valence-electron chi connectivity index (χ4n) is 1.21. The zero-order valence-electron chi connectivity index (χ0n) is 6.01. The van der Waals surface area contributed by atoms with Crippen LogP contribution in [-0.2, 0) is 0 Å². The largest absolute Gasteiger partial charge is 0.265 e. The molecule has 0 spiro atoms. The molecule has 3 heterocycles. The second-order valence-corrected chi connectivity index (χ2v) is 3.38. The lowest BCUT2D eigenvalue weighted by Crippen LogP contribution is -1.86. The van der Waals surface area contributed by atoms with E-state index in [-0.39, 0.29) is 0 Å². The van der Waals surface area contributed by atoms with Gasteiger partial charge in [-0.2, -0.15) is 0 Å². The monoisotopic (exact) mass is 176 g/mol. The zero-order valence-corrected chi connectivity index (χ0v) is 6.82. The lowest BCUT2D eigenvalue weighted by molar-refractivity contribution is 1.10. The van der Waals surface area contributed by atoms with E-state index < -0.39 is 0 Å². The van der Waals surface area contributed by atoms with Gasteiger partial charge in [0.05, 0.1) is 16.4 Å². The van der Waals surface area contributed by atoms with Crippen LogP contribution < -0.4 is 0 Å². The van der Waals surface area contributed by atoms with E-state index in [9.17, 15) is 0 Å². The van der Waals surface area contributed by atoms with Crippen LogP contribution in [0.5, 0.6) is 0 Å². The molecular weight excluding hydrogens is 172 g/mol. The van der Waals surface area contributed by atoms with Gasteiger partial charge in [-0.05, 0) is 11.4 Å². The highest BCUT2D eigenvalue weighted by Crippen LogP contribution is 2.19. The lowest BCUT2D eigenvalue weighted by Gasteiger charge is -1.91. The van der Waals surface area contributed by atoms with E-state index in [1.165, 1.54) is 0 Å². The molecule has 5 heteroatoms. The summed E-state index contributed by atoms with van der Waals surface area (Å²) in [6, 6.07) is 2.04. The number of thiophene rings is 1. The highest BCUT2D eigenvalue weighted by molar-refractivity contribution is 7.17. The number of rotatable bonds is 0. The number of nitrogens with zero attached hydrogens (tertiary/aromatic N) is 4. The van der Waals surface area contributed by atoms with E-state index in [4.69, 9.17) is 0 Å². The van der Waals surface area contributed by atoms with Crippen LogP contribution in [0.2, 0.25) is 0 Å². The summed E-state index contributed by atoms with van der Waals surface area (Å²) >= 11 is 1.67. The molecule has 0 unspecified atom stereocenters. The Labute approximate surface area is 71.5 Å². The first-order valence-corrected chi connectivity index (χ1v) is 4.35. The first-order chi connectivity index (χ1) is 5.95. The Kier molecular flexibility index (Phi) is 1.02. The third-order valence-corrected chi connectivity index (χ3v) is 2.60. The first kappa shape index (κ1) is 6.07. The van der Waals surface area contributed by atoms with Crippen LogP contribution in [0.15, 0.2) is 24.0 Å². The minimum Gasteiger partial charge on any atom is -0.265 e. The van der Waals surface area contributed by atoms with Crippen molar-refractivity contribution in [3.05, 3.63) is 24.0 Å². The number of hydrogen-bond acceptors (Lipinski definition) is 4. The van der Waals surface area contributed by atoms with Crippen molar-refractivity contribution >= 4 is 27.3 Å². The minimum absolute atomic E-state index is 0.654. The molecule has 0 bridgehead atoms. The Morgan fingerprint density at radius 3 is 3.42 bits per heavy atom. The third-order valence-electron chi connectivity index (χ3n) is 1.76. The molecule has 0 saturated carbocycles. The second-order valence-electron chi connectivity index (χ2n) is 2.43. The number of hydrogen-bond donors (Lipinski definition) is 0. The van der Waals surface area contributed by atoms with E-state index in [1.54, 1.807) is 17.7 Å². The van der Waals surface area contributed by atoms with Crippen molar-refractivity contribution in [1.29, 1.82) is 0 Å². The molecule has 0 aliphatic rings. The summed E-state index contributed by atoms with van der Waals surface area (Å²) in [4.78, 5) is 4.14. The van der Waals surface area contributed by atoms with Crippen molar-refractivity contribution in [1.82, 2.24) is 19.6 Å². The van der Waals surface area contributed by atoms with Gasteiger partial charge < -0.3 is 0 Å². The molecule has 0 fully saturated rings. The first-order valence-electron chi connectivity index (χ1n) is 3.47. The van der Waals surface area contributed by atoms with Gasteiger partial charge in [-0.15, -0.1) is 21.5 Å². The smallest absolute Gasteiger partial charge is 0.255 e. The van der Waals surface area contributed by atoms with E-state index in [0.717, 1.165) is 10.2 Å². The predicted octanol–water partition coefficient (Wildman–Crippen LogP) is 1.34. The standard InChI is InChI=1S/C7H4N4S/c1-2-12-6-3-8-7-10-9-4-11(7)5(1)6/h1-4H. The van der Waals surface area contributed by atoms with E-state index >= 15 is 0 Å². The highest BCUT2D eigenvalue weighted by atomic mass is 32.1. The van der Waals surface area contributed by atoms with Crippen molar-refractivity contribution in [2.24, 2.45) is 0 Å². The van der Waals surface area contributed by atoms with Gasteiger partial charge in [0.15, 0.2) is 0 Å².